The van der Waals surface area contributed by atoms with Gasteiger partial charge in [-0.3, -0.25) is 24.1 Å². The summed E-state index contributed by atoms with van der Waals surface area (Å²) in [5.74, 6) is -4.98. The predicted molar refractivity (Wildman–Crippen MR) is 124 cm³/mol. The van der Waals surface area contributed by atoms with E-state index in [-0.39, 0.29) is 28.2 Å². The van der Waals surface area contributed by atoms with Gasteiger partial charge < -0.3 is 25.3 Å². The number of ether oxygens (including phenoxy) is 1. The quantitative estimate of drug-likeness (QED) is 0.139. The third-order valence-electron chi connectivity index (χ3n) is 6.06. The van der Waals surface area contributed by atoms with Gasteiger partial charge in [0.2, 0.25) is 5.91 Å². The molecule has 35 heavy (non-hydrogen) atoms. The van der Waals surface area contributed by atoms with Gasteiger partial charge in [0.1, 0.15) is 30.1 Å². The van der Waals surface area contributed by atoms with E-state index in [9.17, 15) is 29.1 Å². The van der Waals surface area contributed by atoms with Gasteiger partial charge in [-0.1, -0.05) is 5.16 Å². The maximum atomic E-state index is 13.1. The highest BCUT2D eigenvalue weighted by atomic mass is 35.5. The number of carbonyl (C=O) groups is 5. The number of nitrogens with zero attached hydrogens (tertiary/aromatic N) is 3. The average Bonchev–Trinajstić information content (AvgIpc) is 3.34. The van der Waals surface area contributed by atoms with Crippen molar-refractivity contribution in [3.8, 4) is 0 Å². The number of esters is 1. The normalized spacial score (nSPS) is 28.9. The second kappa shape index (κ2) is 8.95. The monoisotopic (exact) mass is 545 g/mol. The Labute approximate surface area is 211 Å². The van der Waals surface area contributed by atoms with Gasteiger partial charge in [0.05, 0.1) is 11.3 Å². The zero-order valence-electron chi connectivity index (χ0n) is 18.6. The van der Waals surface area contributed by atoms with E-state index in [1.807, 2.05) is 0 Å². The number of halogens is 1. The van der Waals surface area contributed by atoms with Crippen molar-refractivity contribution in [3.05, 3.63) is 11.1 Å². The Morgan fingerprint density at radius 2 is 2.11 bits per heavy atom. The summed E-state index contributed by atoms with van der Waals surface area (Å²) in [6.07, 6.45) is 0. The van der Waals surface area contributed by atoms with E-state index < -0.39 is 58.1 Å². The fraction of sp³-hybridized carbons (Fsp3) is 0.526. The van der Waals surface area contributed by atoms with Crippen LogP contribution >= 0.6 is 34.7 Å². The number of oxime groups is 1. The summed E-state index contributed by atoms with van der Waals surface area (Å²) in [6.45, 7) is 3.17. The van der Waals surface area contributed by atoms with Crippen LogP contribution in [0, 0.1) is 11.3 Å². The first-order chi connectivity index (χ1) is 16.5. The Morgan fingerprint density at radius 1 is 1.40 bits per heavy atom. The highest BCUT2D eigenvalue weighted by Crippen LogP contribution is 2.57. The van der Waals surface area contributed by atoms with E-state index in [4.69, 9.17) is 21.2 Å². The van der Waals surface area contributed by atoms with Gasteiger partial charge in [-0.15, -0.1) is 34.7 Å². The Hall–Kier alpha value is -2.91. The van der Waals surface area contributed by atoms with Crippen molar-refractivity contribution in [3.63, 3.8) is 0 Å². The molecule has 16 heteroatoms. The summed E-state index contributed by atoms with van der Waals surface area (Å²) < 4.78 is 5.33. The molecule has 0 bridgehead atoms. The standard InChI is InChI=1S/C19H20ClN5O8S2/c1-18(2)8-6-34-14-11(13(28)25(14)19(8,15(29)30)33-16(18)31)23-12(27)10(24-32-3)7-5-35-17(21-7)22-9(26)4-20/h5,8,11,14H,4,6H2,1-3H3,(H,23,27)(H,29,30)(H,21,22,26)/b24-10-/t8?,11-,14-,19?/m1/s1. The molecule has 4 heterocycles. The number of nitrogens with one attached hydrogen (secondary N) is 2. The Bertz CT molecular complexity index is 1160. The number of aliphatic carboxylic acids is 1. The zero-order chi connectivity index (χ0) is 25.7. The molecule has 3 aliphatic rings. The number of rotatable bonds is 7. The lowest BCUT2D eigenvalue weighted by atomic mass is 9.74. The van der Waals surface area contributed by atoms with Gasteiger partial charge >= 0.3 is 11.9 Å². The third-order valence-corrected chi connectivity index (χ3v) is 8.41. The van der Waals surface area contributed by atoms with Gasteiger partial charge in [0.15, 0.2) is 10.8 Å². The third kappa shape index (κ3) is 3.81. The minimum atomic E-state index is -2.14. The lowest BCUT2D eigenvalue weighted by Gasteiger charge is -2.57. The molecule has 188 valence electrons. The van der Waals surface area contributed by atoms with Crippen LogP contribution in [0.1, 0.15) is 19.5 Å². The van der Waals surface area contributed by atoms with E-state index in [2.05, 4.69) is 20.8 Å². The molecule has 0 spiro atoms. The summed E-state index contributed by atoms with van der Waals surface area (Å²) in [4.78, 5) is 72.1. The Balaban J connectivity index is 1.54. The number of carboxylic acids is 1. The van der Waals surface area contributed by atoms with Gasteiger partial charge in [-0.25, -0.2) is 9.78 Å². The largest absolute Gasteiger partial charge is 0.477 e. The number of alkyl halides is 1. The molecule has 0 radical (unpaired) electrons. The summed E-state index contributed by atoms with van der Waals surface area (Å²) in [5, 5.41) is 19.5. The van der Waals surface area contributed by atoms with E-state index in [1.165, 1.54) is 24.3 Å². The van der Waals surface area contributed by atoms with Crippen LogP contribution in [0.3, 0.4) is 0 Å². The number of hydrogen-bond donors (Lipinski definition) is 3. The van der Waals surface area contributed by atoms with Crippen LogP contribution in [0.4, 0.5) is 5.13 Å². The van der Waals surface area contributed by atoms with Crippen LogP contribution < -0.4 is 10.6 Å². The molecule has 0 aliphatic carbocycles. The van der Waals surface area contributed by atoms with E-state index in [0.29, 0.717) is 0 Å². The van der Waals surface area contributed by atoms with Gasteiger partial charge in [0.25, 0.3) is 17.5 Å². The van der Waals surface area contributed by atoms with Gasteiger partial charge in [-0.2, -0.15) is 0 Å². The molecule has 4 atom stereocenters. The highest BCUT2D eigenvalue weighted by Gasteiger charge is 2.75. The summed E-state index contributed by atoms with van der Waals surface area (Å²) in [7, 11) is 1.22. The van der Waals surface area contributed by atoms with Crippen LogP contribution in [0.2, 0.25) is 0 Å². The van der Waals surface area contributed by atoms with Crippen molar-refractivity contribution in [2.75, 3.05) is 24.1 Å². The first kappa shape index (κ1) is 25.2. The number of carbonyl (C=O) groups excluding carboxylic acids is 4. The molecule has 0 saturated carbocycles. The second-order valence-electron chi connectivity index (χ2n) is 8.39. The van der Waals surface area contributed by atoms with Crippen LogP contribution in [-0.2, 0) is 33.5 Å². The van der Waals surface area contributed by atoms with Gasteiger partial charge in [-0.05, 0) is 13.8 Å². The molecule has 2 unspecified atom stereocenters. The highest BCUT2D eigenvalue weighted by molar-refractivity contribution is 8.00. The molecule has 3 saturated heterocycles. The number of aromatic nitrogens is 1. The molecule has 3 amide bonds. The average molecular weight is 546 g/mol. The van der Waals surface area contributed by atoms with Crippen molar-refractivity contribution in [2.24, 2.45) is 16.5 Å². The maximum absolute atomic E-state index is 13.1. The Morgan fingerprint density at radius 3 is 2.74 bits per heavy atom. The molecular formula is C19H20ClN5O8S2. The number of β-lactam (4-membered cyclic amide) rings is 1. The summed E-state index contributed by atoms with van der Waals surface area (Å²) in [5.41, 5.74) is -3.43. The molecular weight excluding hydrogens is 526 g/mol. The number of thioether (sulfide) groups is 1. The molecule has 0 aromatic carbocycles. The zero-order valence-corrected chi connectivity index (χ0v) is 21.0. The van der Waals surface area contributed by atoms with Crippen molar-refractivity contribution >= 4 is 75.2 Å². The number of hydrogen-bond acceptors (Lipinski definition) is 11. The summed E-state index contributed by atoms with van der Waals surface area (Å²) in [6, 6.07) is -1.09. The van der Waals surface area contributed by atoms with Crippen molar-refractivity contribution < 1.29 is 38.7 Å². The molecule has 3 fully saturated rings. The van der Waals surface area contributed by atoms with Crippen LogP contribution in [0.5, 0.6) is 0 Å². The molecule has 13 nitrogen and oxygen atoms in total. The minimum Gasteiger partial charge on any atom is -0.477 e. The van der Waals surface area contributed by atoms with Crippen molar-refractivity contribution in [1.29, 1.82) is 0 Å². The molecule has 3 aliphatic heterocycles. The maximum Gasteiger partial charge on any atom is 0.370 e. The number of anilines is 1. The minimum absolute atomic E-state index is 0.0766. The molecule has 1 aromatic rings. The van der Waals surface area contributed by atoms with E-state index in [0.717, 1.165) is 16.2 Å². The number of fused-ring (bicyclic) bond motifs is 3. The van der Waals surface area contributed by atoms with Crippen molar-refractivity contribution in [1.82, 2.24) is 15.2 Å². The lowest BCUT2D eigenvalue weighted by molar-refractivity contribution is -0.216. The van der Waals surface area contributed by atoms with Crippen LogP contribution in [0.15, 0.2) is 10.5 Å². The summed E-state index contributed by atoms with van der Waals surface area (Å²) >= 11 is 7.73. The number of amides is 3. The fourth-order valence-corrected chi connectivity index (χ4v) is 6.82. The number of thiazole rings is 1. The van der Waals surface area contributed by atoms with Crippen molar-refractivity contribution in [2.45, 2.75) is 31.0 Å². The van der Waals surface area contributed by atoms with E-state index in [1.54, 1.807) is 13.8 Å². The first-order valence-electron chi connectivity index (χ1n) is 10.1. The molecule has 1 aromatic heterocycles. The Kier molecular flexibility index (Phi) is 6.44. The molecule has 4 rings (SSSR count). The van der Waals surface area contributed by atoms with Gasteiger partial charge in [0, 0.05) is 11.1 Å². The first-order valence-corrected chi connectivity index (χ1v) is 12.6. The molecule has 3 N–H and O–H groups in total. The predicted octanol–water partition coefficient (Wildman–Crippen LogP) is 0.0509. The smallest absolute Gasteiger partial charge is 0.370 e. The van der Waals surface area contributed by atoms with E-state index >= 15 is 0 Å². The topological polar surface area (TPSA) is 177 Å². The fourth-order valence-electron chi connectivity index (χ4n) is 4.22. The van der Waals surface area contributed by atoms with Crippen LogP contribution in [0.25, 0.3) is 0 Å². The number of carboxylic acid groups (broad SMARTS) is 1. The lowest BCUT2D eigenvalue weighted by Crippen LogP contribution is -2.81. The van der Waals surface area contributed by atoms with Crippen LogP contribution in [-0.4, -0.2) is 86.2 Å². The second-order valence-corrected chi connectivity index (χ2v) is 10.7. The SMILES string of the molecule is CO/N=C(\C(=O)N[C@@H]1C(=O)N2[C@@H]1SCC1C(C)(C)C(=O)OC12C(=O)O)c1csc(NC(=O)CCl)n1.